The molecule has 0 aliphatic heterocycles. The Kier molecular flexibility index (Phi) is 4.47. The maximum atomic E-state index is 12.5. The molecule has 0 amide bonds. The second-order valence-electron chi connectivity index (χ2n) is 3.65. The van der Waals surface area contributed by atoms with Gasteiger partial charge in [0.05, 0.1) is 17.2 Å². The highest BCUT2D eigenvalue weighted by molar-refractivity contribution is 7.99. The number of rotatable bonds is 3. The van der Waals surface area contributed by atoms with Crippen molar-refractivity contribution < 1.29 is 13.2 Å². The molecule has 0 aliphatic carbocycles. The summed E-state index contributed by atoms with van der Waals surface area (Å²) in [6.07, 6.45) is -3.54. The van der Waals surface area contributed by atoms with Gasteiger partial charge in [-0.25, -0.2) is 0 Å². The Hall–Kier alpha value is -1.15. The largest absolute Gasteiger partial charge is 0.417 e. The predicted molar refractivity (Wildman–Crippen MR) is 61.8 cm³/mol. The second-order valence-corrected chi connectivity index (χ2v) is 5.17. The maximum absolute atomic E-state index is 12.5. The molecule has 5 heteroatoms. The van der Waals surface area contributed by atoms with Gasteiger partial charge in [0.25, 0.3) is 0 Å². The minimum atomic E-state index is -4.47. The van der Waals surface area contributed by atoms with E-state index in [4.69, 9.17) is 5.26 Å². The molecule has 0 aromatic heterocycles. The topological polar surface area (TPSA) is 23.8 Å². The summed E-state index contributed by atoms with van der Waals surface area (Å²) in [5.74, 6) is 0. The number of hydrogen-bond acceptors (Lipinski definition) is 2. The van der Waals surface area contributed by atoms with Crippen molar-refractivity contribution in [3.05, 3.63) is 29.3 Å². The van der Waals surface area contributed by atoms with Gasteiger partial charge in [-0.15, -0.1) is 11.8 Å². The van der Waals surface area contributed by atoms with Crippen molar-refractivity contribution in [2.24, 2.45) is 0 Å². The molecule has 1 nitrogen and oxygen atoms in total. The predicted octanol–water partition coefficient (Wildman–Crippen LogP) is 4.47. The van der Waals surface area contributed by atoms with E-state index in [1.165, 1.54) is 23.9 Å². The summed E-state index contributed by atoms with van der Waals surface area (Å²) in [5.41, 5.74) is -1.18. The number of hydrogen-bond donors (Lipinski definition) is 0. The highest BCUT2D eigenvalue weighted by atomic mass is 32.2. The number of alkyl halides is 3. The van der Waals surface area contributed by atoms with Crippen molar-refractivity contribution in [3.63, 3.8) is 0 Å². The molecule has 0 saturated carbocycles. The monoisotopic (exact) mass is 259 g/mol. The van der Waals surface area contributed by atoms with Gasteiger partial charge in [-0.1, -0.05) is 13.8 Å². The smallest absolute Gasteiger partial charge is 0.192 e. The summed E-state index contributed by atoms with van der Waals surface area (Å²) in [6, 6.07) is 5.30. The molecule has 0 fully saturated rings. The fraction of sp³-hybridized carbons (Fsp3) is 0.417. The van der Waals surface area contributed by atoms with E-state index in [-0.39, 0.29) is 5.56 Å². The molecule has 0 radical (unpaired) electrons. The van der Waals surface area contributed by atoms with Crippen LogP contribution in [0.3, 0.4) is 0 Å². The normalized spacial score (nSPS) is 13.2. The summed E-state index contributed by atoms with van der Waals surface area (Å²) in [4.78, 5) is 0.698. The SMILES string of the molecule is CCC(C)Sc1ccc(C(F)(F)F)c(C#N)c1. The number of halogens is 3. The van der Waals surface area contributed by atoms with Crippen LogP contribution in [0.1, 0.15) is 31.4 Å². The molecule has 0 saturated heterocycles. The van der Waals surface area contributed by atoms with E-state index in [0.717, 1.165) is 12.5 Å². The summed E-state index contributed by atoms with van der Waals surface area (Å²) >= 11 is 1.47. The third-order valence-corrected chi connectivity index (χ3v) is 3.59. The number of thioether (sulfide) groups is 1. The van der Waals surface area contributed by atoms with Gasteiger partial charge in [-0.3, -0.25) is 0 Å². The van der Waals surface area contributed by atoms with E-state index < -0.39 is 11.7 Å². The highest BCUT2D eigenvalue weighted by Gasteiger charge is 2.33. The molecular weight excluding hydrogens is 247 g/mol. The van der Waals surface area contributed by atoms with Crippen LogP contribution in [0.5, 0.6) is 0 Å². The van der Waals surface area contributed by atoms with Gasteiger partial charge < -0.3 is 0 Å². The van der Waals surface area contributed by atoms with Crippen LogP contribution >= 0.6 is 11.8 Å². The summed E-state index contributed by atoms with van der Waals surface area (Å²) < 4.78 is 37.6. The Balaban J connectivity index is 3.06. The zero-order chi connectivity index (χ0) is 13.1. The maximum Gasteiger partial charge on any atom is 0.417 e. The Morgan fingerprint density at radius 2 is 2.06 bits per heavy atom. The lowest BCUT2D eigenvalue weighted by atomic mass is 10.1. The Morgan fingerprint density at radius 3 is 2.53 bits per heavy atom. The van der Waals surface area contributed by atoms with Crippen molar-refractivity contribution in [2.75, 3.05) is 0 Å². The molecule has 1 atom stereocenters. The number of nitriles is 1. The van der Waals surface area contributed by atoms with E-state index in [0.29, 0.717) is 10.1 Å². The van der Waals surface area contributed by atoms with Gasteiger partial charge >= 0.3 is 6.18 Å². The molecule has 1 aromatic carbocycles. The first-order valence-corrected chi connectivity index (χ1v) is 6.04. The molecule has 1 rings (SSSR count). The molecule has 1 aromatic rings. The van der Waals surface area contributed by atoms with Crippen LogP contribution in [-0.4, -0.2) is 5.25 Å². The minimum Gasteiger partial charge on any atom is -0.192 e. The van der Waals surface area contributed by atoms with E-state index in [1.54, 1.807) is 6.07 Å². The molecule has 17 heavy (non-hydrogen) atoms. The molecule has 0 heterocycles. The van der Waals surface area contributed by atoms with Crippen molar-refractivity contribution in [3.8, 4) is 6.07 Å². The average Bonchev–Trinajstić information content (AvgIpc) is 2.27. The lowest BCUT2D eigenvalue weighted by Gasteiger charge is -2.12. The van der Waals surface area contributed by atoms with E-state index in [9.17, 15) is 13.2 Å². The van der Waals surface area contributed by atoms with Gasteiger partial charge in [0.15, 0.2) is 0 Å². The molecule has 0 spiro atoms. The van der Waals surface area contributed by atoms with Crippen LogP contribution in [0.15, 0.2) is 23.1 Å². The average molecular weight is 259 g/mol. The zero-order valence-corrected chi connectivity index (χ0v) is 10.3. The van der Waals surface area contributed by atoms with Crippen LogP contribution in [0.4, 0.5) is 13.2 Å². The van der Waals surface area contributed by atoms with Crippen LogP contribution < -0.4 is 0 Å². The third-order valence-electron chi connectivity index (χ3n) is 2.33. The van der Waals surface area contributed by atoms with Crippen molar-refractivity contribution in [1.82, 2.24) is 0 Å². The fourth-order valence-electron chi connectivity index (χ4n) is 1.25. The zero-order valence-electron chi connectivity index (χ0n) is 9.51. The fourth-order valence-corrected chi connectivity index (χ4v) is 2.22. The molecule has 92 valence electrons. The molecule has 1 unspecified atom stereocenters. The lowest BCUT2D eigenvalue weighted by Crippen LogP contribution is -2.07. The first-order chi connectivity index (χ1) is 7.88. The molecule has 0 N–H and O–H groups in total. The summed E-state index contributed by atoms with van der Waals surface area (Å²) in [7, 11) is 0. The van der Waals surface area contributed by atoms with Crippen LogP contribution in [0.25, 0.3) is 0 Å². The first-order valence-electron chi connectivity index (χ1n) is 5.16. The van der Waals surface area contributed by atoms with E-state index >= 15 is 0 Å². The Labute approximate surface area is 103 Å². The van der Waals surface area contributed by atoms with Gasteiger partial charge in [0.2, 0.25) is 0 Å². The second kappa shape index (κ2) is 5.46. The van der Waals surface area contributed by atoms with Crippen LogP contribution in [-0.2, 0) is 6.18 Å². The number of nitrogens with zero attached hydrogens (tertiary/aromatic N) is 1. The van der Waals surface area contributed by atoms with Gasteiger partial charge in [-0.2, -0.15) is 18.4 Å². The van der Waals surface area contributed by atoms with Crippen LogP contribution in [0.2, 0.25) is 0 Å². The van der Waals surface area contributed by atoms with E-state index in [1.807, 2.05) is 13.8 Å². The standard InChI is InChI=1S/C12H12F3NS/c1-3-8(2)17-10-4-5-11(12(13,14)15)9(6-10)7-16/h4-6,8H,3H2,1-2H3. The summed E-state index contributed by atoms with van der Waals surface area (Å²) in [5, 5.41) is 9.06. The van der Waals surface area contributed by atoms with Gasteiger partial charge in [0.1, 0.15) is 0 Å². The Bertz CT molecular complexity index is 434. The quantitative estimate of drug-likeness (QED) is 0.748. The third kappa shape index (κ3) is 3.67. The highest BCUT2D eigenvalue weighted by Crippen LogP contribution is 2.34. The van der Waals surface area contributed by atoms with Crippen molar-refractivity contribution >= 4 is 11.8 Å². The Morgan fingerprint density at radius 1 is 1.41 bits per heavy atom. The molecular formula is C12H12F3NS. The minimum absolute atomic E-state index is 0.314. The summed E-state index contributed by atoms with van der Waals surface area (Å²) in [6.45, 7) is 4.00. The van der Waals surface area contributed by atoms with Crippen molar-refractivity contribution in [2.45, 2.75) is 36.6 Å². The van der Waals surface area contributed by atoms with E-state index in [2.05, 4.69) is 0 Å². The molecule has 0 bridgehead atoms. The lowest BCUT2D eigenvalue weighted by molar-refractivity contribution is -0.137. The first kappa shape index (κ1) is 13.9. The van der Waals surface area contributed by atoms with Gasteiger partial charge in [-0.05, 0) is 24.6 Å². The van der Waals surface area contributed by atoms with Crippen molar-refractivity contribution in [1.29, 1.82) is 5.26 Å². The number of benzene rings is 1. The van der Waals surface area contributed by atoms with Gasteiger partial charge in [0, 0.05) is 10.1 Å². The molecule has 0 aliphatic rings. The van der Waals surface area contributed by atoms with Crippen LogP contribution in [0, 0.1) is 11.3 Å².